The molecule has 0 radical (unpaired) electrons. The summed E-state index contributed by atoms with van der Waals surface area (Å²) in [5, 5.41) is 8.97. The average Bonchev–Trinajstić information content (AvgIpc) is 2.27. The Labute approximate surface area is 105 Å². The number of hydrogen-bond donors (Lipinski definition) is 3. The van der Waals surface area contributed by atoms with Gasteiger partial charge in [0, 0.05) is 12.8 Å². The molecule has 0 spiro atoms. The SMILES string of the molecule is COCC(CO)NS(=O)(=O)c1cc(N)cc(F)c1. The Morgan fingerprint density at radius 3 is 2.67 bits per heavy atom. The van der Waals surface area contributed by atoms with Gasteiger partial charge in [0.15, 0.2) is 0 Å². The molecule has 4 N–H and O–H groups in total. The number of nitrogen functional groups attached to an aromatic ring is 1. The standard InChI is InChI=1S/C10H15FN2O4S/c1-17-6-9(5-14)13-18(15,16)10-3-7(11)2-8(12)4-10/h2-4,9,13-14H,5-6,12H2,1H3. The Balaban J connectivity index is 2.98. The van der Waals surface area contributed by atoms with Gasteiger partial charge >= 0.3 is 0 Å². The maximum absolute atomic E-state index is 13.1. The zero-order valence-electron chi connectivity index (χ0n) is 9.76. The minimum absolute atomic E-state index is 0.000524. The summed E-state index contributed by atoms with van der Waals surface area (Å²) in [6, 6.07) is 2.19. The Kier molecular flexibility index (Phi) is 5.03. The van der Waals surface area contributed by atoms with E-state index in [9.17, 15) is 12.8 Å². The number of halogens is 1. The van der Waals surface area contributed by atoms with Crippen molar-refractivity contribution in [2.75, 3.05) is 26.1 Å². The lowest BCUT2D eigenvalue weighted by atomic mass is 10.3. The van der Waals surface area contributed by atoms with Gasteiger partial charge < -0.3 is 15.6 Å². The number of anilines is 1. The Morgan fingerprint density at radius 1 is 1.50 bits per heavy atom. The fourth-order valence-electron chi connectivity index (χ4n) is 1.35. The van der Waals surface area contributed by atoms with E-state index < -0.39 is 28.5 Å². The first-order chi connectivity index (χ1) is 8.39. The number of nitrogens with two attached hydrogens (primary N) is 1. The maximum atomic E-state index is 13.1. The number of benzene rings is 1. The summed E-state index contributed by atoms with van der Waals surface area (Å²) in [5.41, 5.74) is 5.37. The third-order valence-electron chi connectivity index (χ3n) is 2.11. The van der Waals surface area contributed by atoms with Crippen LogP contribution in [0.3, 0.4) is 0 Å². The summed E-state index contributed by atoms with van der Waals surface area (Å²) in [4.78, 5) is -0.297. The van der Waals surface area contributed by atoms with E-state index in [2.05, 4.69) is 4.72 Å². The molecule has 0 saturated heterocycles. The van der Waals surface area contributed by atoms with E-state index >= 15 is 0 Å². The van der Waals surface area contributed by atoms with Gasteiger partial charge in [-0.2, -0.15) is 0 Å². The number of ether oxygens (including phenoxy) is 1. The quantitative estimate of drug-likeness (QED) is 0.620. The van der Waals surface area contributed by atoms with E-state index in [-0.39, 0.29) is 17.2 Å². The smallest absolute Gasteiger partial charge is 0.241 e. The van der Waals surface area contributed by atoms with Crippen LogP contribution in [0.25, 0.3) is 0 Å². The zero-order chi connectivity index (χ0) is 13.8. The molecule has 0 amide bonds. The predicted octanol–water partition coefficient (Wildman–Crippen LogP) is -0.306. The summed E-state index contributed by atoms with van der Waals surface area (Å²) >= 11 is 0. The van der Waals surface area contributed by atoms with Crippen molar-refractivity contribution in [3.05, 3.63) is 24.0 Å². The monoisotopic (exact) mass is 278 g/mol. The molecule has 0 heterocycles. The molecule has 102 valence electrons. The van der Waals surface area contributed by atoms with Crippen LogP contribution < -0.4 is 10.5 Å². The van der Waals surface area contributed by atoms with Crippen molar-refractivity contribution in [1.82, 2.24) is 4.72 Å². The highest BCUT2D eigenvalue weighted by Gasteiger charge is 2.20. The Morgan fingerprint density at radius 2 is 2.17 bits per heavy atom. The number of aliphatic hydroxyl groups excluding tert-OH is 1. The van der Waals surface area contributed by atoms with Gasteiger partial charge in [0.1, 0.15) is 5.82 Å². The summed E-state index contributed by atoms with van der Waals surface area (Å²) in [6.45, 7) is -0.432. The Bertz CT molecular complexity index is 486. The fraction of sp³-hybridized carbons (Fsp3) is 0.400. The Hall–Kier alpha value is -1.22. The molecule has 0 aliphatic heterocycles. The van der Waals surface area contributed by atoms with Crippen LogP contribution in [0.5, 0.6) is 0 Å². The number of aliphatic hydroxyl groups is 1. The van der Waals surface area contributed by atoms with Crippen molar-refractivity contribution in [3.8, 4) is 0 Å². The van der Waals surface area contributed by atoms with Crippen LogP contribution in [-0.2, 0) is 14.8 Å². The highest BCUT2D eigenvalue weighted by molar-refractivity contribution is 7.89. The number of rotatable bonds is 6. The van der Waals surface area contributed by atoms with Gasteiger partial charge in [-0.3, -0.25) is 0 Å². The van der Waals surface area contributed by atoms with Crippen LogP contribution in [0.4, 0.5) is 10.1 Å². The van der Waals surface area contributed by atoms with Crippen LogP contribution >= 0.6 is 0 Å². The maximum Gasteiger partial charge on any atom is 0.241 e. The topological polar surface area (TPSA) is 102 Å². The van der Waals surface area contributed by atoms with Gasteiger partial charge in [0.2, 0.25) is 10.0 Å². The molecule has 1 unspecified atom stereocenters. The van der Waals surface area contributed by atoms with Crippen molar-refractivity contribution in [3.63, 3.8) is 0 Å². The van der Waals surface area contributed by atoms with Crippen molar-refractivity contribution in [1.29, 1.82) is 0 Å². The van der Waals surface area contributed by atoms with E-state index in [4.69, 9.17) is 15.6 Å². The van der Waals surface area contributed by atoms with Gasteiger partial charge in [0.05, 0.1) is 24.2 Å². The van der Waals surface area contributed by atoms with Crippen LogP contribution in [0, 0.1) is 5.82 Å². The normalized spacial score (nSPS) is 13.5. The number of sulfonamides is 1. The molecule has 0 aliphatic carbocycles. The first-order valence-corrected chi connectivity index (χ1v) is 6.55. The molecule has 1 aromatic rings. The second-order valence-electron chi connectivity index (χ2n) is 3.68. The molecule has 0 aliphatic rings. The summed E-state index contributed by atoms with van der Waals surface area (Å²) in [5.74, 6) is -0.748. The van der Waals surface area contributed by atoms with Crippen molar-refractivity contribution in [2.45, 2.75) is 10.9 Å². The third-order valence-corrected chi connectivity index (χ3v) is 3.61. The van der Waals surface area contributed by atoms with Crippen molar-refractivity contribution in [2.24, 2.45) is 0 Å². The van der Waals surface area contributed by atoms with E-state index in [1.807, 2.05) is 0 Å². The van der Waals surface area contributed by atoms with E-state index in [1.54, 1.807) is 0 Å². The van der Waals surface area contributed by atoms with Gasteiger partial charge in [0.25, 0.3) is 0 Å². The molecular formula is C10H15FN2O4S. The molecule has 8 heteroatoms. The zero-order valence-corrected chi connectivity index (χ0v) is 10.6. The van der Waals surface area contributed by atoms with Crippen molar-refractivity contribution < 1.29 is 22.7 Å². The van der Waals surface area contributed by atoms with E-state index in [0.29, 0.717) is 0 Å². The number of nitrogens with one attached hydrogen (secondary N) is 1. The molecule has 0 saturated carbocycles. The molecule has 1 atom stereocenters. The molecule has 0 aromatic heterocycles. The lowest BCUT2D eigenvalue weighted by Gasteiger charge is -2.15. The number of methoxy groups -OCH3 is 1. The largest absolute Gasteiger partial charge is 0.399 e. The fourth-order valence-corrected chi connectivity index (χ4v) is 2.63. The number of hydrogen-bond acceptors (Lipinski definition) is 5. The molecule has 18 heavy (non-hydrogen) atoms. The second-order valence-corrected chi connectivity index (χ2v) is 5.39. The summed E-state index contributed by atoms with van der Waals surface area (Å²) in [7, 11) is -2.58. The first kappa shape index (κ1) is 14.8. The summed E-state index contributed by atoms with van der Waals surface area (Å²) in [6.07, 6.45) is 0. The van der Waals surface area contributed by atoms with Gasteiger partial charge in [-0.1, -0.05) is 0 Å². The molecule has 1 aromatic carbocycles. The lowest BCUT2D eigenvalue weighted by molar-refractivity contribution is 0.139. The van der Waals surface area contributed by atoms with E-state index in [1.165, 1.54) is 7.11 Å². The lowest BCUT2D eigenvalue weighted by Crippen LogP contribution is -2.40. The van der Waals surface area contributed by atoms with Crippen LogP contribution in [-0.4, -0.2) is 39.9 Å². The van der Waals surface area contributed by atoms with Gasteiger partial charge in [-0.25, -0.2) is 17.5 Å². The molecule has 1 rings (SSSR count). The highest BCUT2D eigenvalue weighted by atomic mass is 32.2. The van der Waals surface area contributed by atoms with E-state index in [0.717, 1.165) is 18.2 Å². The molecule has 6 nitrogen and oxygen atoms in total. The van der Waals surface area contributed by atoms with Crippen LogP contribution in [0.15, 0.2) is 23.1 Å². The van der Waals surface area contributed by atoms with Gasteiger partial charge in [-0.15, -0.1) is 0 Å². The second kappa shape index (κ2) is 6.10. The molecular weight excluding hydrogens is 263 g/mol. The minimum Gasteiger partial charge on any atom is -0.399 e. The highest BCUT2D eigenvalue weighted by Crippen LogP contribution is 2.16. The average molecular weight is 278 g/mol. The van der Waals surface area contributed by atoms with Crippen molar-refractivity contribution >= 4 is 15.7 Å². The summed E-state index contributed by atoms with van der Waals surface area (Å²) < 4.78 is 43.8. The minimum atomic E-state index is -3.95. The molecule has 0 bridgehead atoms. The molecule has 0 fully saturated rings. The van der Waals surface area contributed by atoms with Gasteiger partial charge in [-0.05, 0) is 18.2 Å². The third kappa shape index (κ3) is 3.91. The van der Waals surface area contributed by atoms with Crippen LogP contribution in [0.1, 0.15) is 0 Å². The first-order valence-electron chi connectivity index (χ1n) is 5.07. The predicted molar refractivity (Wildman–Crippen MR) is 63.9 cm³/mol. The van der Waals surface area contributed by atoms with Crippen LogP contribution in [0.2, 0.25) is 0 Å².